The summed E-state index contributed by atoms with van der Waals surface area (Å²) in [4.78, 5) is 16.6. The summed E-state index contributed by atoms with van der Waals surface area (Å²) in [5.41, 5.74) is 4.38. The van der Waals surface area contributed by atoms with Gasteiger partial charge in [-0.05, 0) is 23.8 Å². The van der Waals surface area contributed by atoms with E-state index in [2.05, 4.69) is 10.2 Å². The summed E-state index contributed by atoms with van der Waals surface area (Å²) in [6.07, 6.45) is -0.341. The van der Waals surface area contributed by atoms with E-state index in [1.165, 1.54) is 0 Å². The van der Waals surface area contributed by atoms with Crippen molar-refractivity contribution in [1.29, 1.82) is 0 Å². The third-order valence-corrected chi connectivity index (χ3v) is 4.74. The number of fused-ring (bicyclic) bond motifs is 2. The Morgan fingerprint density at radius 1 is 0.769 bits per heavy atom. The predicted molar refractivity (Wildman–Crippen MR) is 98.4 cm³/mol. The van der Waals surface area contributed by atoms with Crippen molar-refractivity contribution in [2.45, 2.75) is 12.7 Å². The molecule has 2 heterocycles. The molecule has 3 aromatic carbocycles. The SMILES string of the molecule is O=C1c2ccccc2C(n2nc3ccccc3n2)N1Cc1ccccc1. The van der Waals surface area contributed by atoms with E-state index in [4.69, 9.17) is 0 Å². The molecule has 0 bridgehead atoms. The van der Waals surface area contributed by atoms with Gasteiger partial charge in [-0.3, -0.25) is 4.79 Å². The molecule has 0 radical (unpaired) electrons. The maximum Gasteiger partial charge on any atom is 0.256 e. The Labute approximate surface area is 150 Å². The van der Waals surface area contributed by atoms with Crippen LogP contribution in [0.25, 0.3) is 11.0 Å². The van der Waals surface area contributed by atoms with Gasteiger partial charge in [0.2, 0.25) is 0 Å². The Morgan fingerprint density at radius 2 is 1.38 bits per heavy atom. The summed E-state index contributed by atoms with van der Waals surface area (Å²) < 4.78 is 0. The number of nitrogens with zero attached hydrogens (tertiary/aromatic N) is 4. The zero-order valence-electron chi connectivity index (χ0n) is 14.0. The maximum atomic E-state index is 13.1. The Balaban J connectivity index is 1.64. The van der Waals surface area contributed by atoms with Gasteiger partial charge in [0.1, 0.15) is 11.0 Å². The fourth-order valence-corrected chi connectivity index (χ4v) is 3.52. The molecule has 126 valence electrons. The third-order valence-electron chi connectivity index (χ3n) is 4.74. The lowest BCUT2D eigenvalue weighted by Crippen LogP contribution is -2.32. The van der Waals surface area contributed by atoms with Crippen LogP contribution in [0, 0.1) is 0 Å². The molecule has 0 aliphatic carbocycles. The van der Waals surface area contributed by atoms with E-state index in [0.717, 1.165) is 27.7 Å². The van der Waals surface area contributed by atoms with Gasteiger partial charge in [-0.2, -0.15) is 15.0 Å². The number of benzene rings is 3. The van der Waals surface area contributed by atoms with Crippen molar-refractivity contribution in [1.82, 2.24) is 19.9 Å². The van der Waals surface area contributed by atoms with Gasteiger partial charge in [-0.25, -0.2) is 0 Å². The van der Waals surface area contributed by atoms with Crippen molar-refractivity contribution in [3.8, 4) is 0 Å². The number of hydrogen-bond acceptors (Lipinski definition) is 3. The van der Waals surface area contributed by atoms with Crippen LogP contribution < -0.4 is 0 Å². The highest BCUT2D eigenvalue weighted by Gasteiger charge is 2.38. The summed E-state index contributed by atoms with van der Waals surface area (Å²) in [7, 11) is 0. The van der Waals surface area contributed by atoms with E-state index in [1.54, 1.807) is 4.80 Å². The van der Waals surface area contributed by atoms with Crippen molar-refractivity contribution in [3.63, 3.8) is 0 Å². The highest BCUT2D eigenvalue weighted by Crippen LogP contribution is 2.35. The highest BCUT2D eigenvalue weighted by molar-refractivity contribution is 5.99. The van der Waals surface area contributed by atoms with E-state index in [1.807, 2.05) is 83.8 Å². The molecular weight excluding hydrogens is 324 g/mol. The van der Waals surface area contributed by atoms with Crippen LogP contribution in [0.3, 0.4) is 0 Å². The molecule has 4 aromatic rings. The minimum Gasteiger partial charge on any atom is -0.306 e. The first-order valence-corrected chi connectivity index (χ1v) is 8.57. The van der Waals surface area contributed by atoms with Crippen LogP contribution in [0.5, 0.6) is 0 Å². The van der Waals surface area contributed by atoms with Crippen molar-refractivity contribution >= 4 is 16.9 Å². The first-order valence-electron chi connectivity index (χ1n) is 8.57. The van der Waals surface area contributed by atoms with Crippen molar-refractivity contribution in [2.24, 2.45) is 0 Å². The number of carbonyl (C=O) groups is 1. The maximum absolute atomic E-state index is 13.1. The first kappa shape index (κ1) is 14.8. The van der Waals surface area contributed by atoms with Crippen LogP contribution in [0.4, 0.5) is 0 Å². The smallest absolute Gasteiger partial charge is 0.256 e. The standard InChI is InChI=1S/C21H16N4O/c26-21-17-11-5-4-10-16(17)20(24(21)14-15-8-2-1-3-9-15)25-22-18-12-6-7-13-19(18)23-25/h1-13,20H,14H2. The molecule has 1 unspecified atom stereocenters. The second-order valence-corrected chi connectivity index (χ2v) is 6.39. The van der Waals surface area contributed by atoms with E-state index in [0.29, 0.717) is 6.54 Å². The largest absolute Gasteiger partial charge is 0.306 e. The molecule has 1 amide bonds. The van der Waals surface area contributed by atoms with Gasteiger partial charge in [0, 0.05) is 17.7 Å². The number of aromatic nitrogens is 3. The monoisotopic (exact) mass is 340 g/mol. The van der Waals surface area contributed by atoms with Crippen molar-refractivity contribution < 1.29 is 4.79 Å². The van der Waals surface area contributed by atoms with Gasteiger partial charge in [-0.15, -0.1) is 0 Å². The topological polar surface area (TPSA) is 51.0 Å². The Morgan fingerprint density at radius 3 is 2.12 bits per heavy atom. The molecule has 0 spiro atoms. The molecule has 0 fully saturated rings. The van der Waals surface area contributed by atoms with E-state index < -0.39 is 0 Å². The average Bonchev–Trinajstić information content (AvgIpc) is 3.22. The van der Waals surface area contributed by atoms with Gasteiger partial charge >= 0.3 is 0 Å². The molecule has 1 aliphatic heterocycles. The number of carbonyl (C=O) groups excluding carboxylic acids is 1. The van der Waals surface area contributed by atoms with Crippen LogP contribution in [0.15, 0.2) is 78.9 Å². The summed E-state index contributed by atoms with van der Waals surface area (Å²) in [5.74, 6) is 0.0100. The first-order chi connectivity index (χ1) is 12.8. The molecule has 0 saturated heterocycles. The lowest BCUT2D eigenvalue weighted by molar-refractivity contribution is 0.0654. The Hall–Kier alpha value is -3.47. The molecule has 5 heteroatoms. The lowest BCUT2D eigenvalue weighted by atomic mass is 10.1. The minimum atomic E-state index is -0.341. The molecule has 5 nitrogen and oxygen atoms in total. The van der Waals surface area contributed by atoms with Crippen LogP contribution >= 0.6 is 0 Å². The second kappa shape index (κ2) is 5.81. The van der Waals surface area contributed by atoms with E-state index in [-0.39, 0.29) is 12.1 Å². The summed E-state index contributed by atoms with van der Waals surface area (Å²) in [6.45, 7) is 0.511. The predicted octanol–water partition coefficient (Wildman–Crippen LogP) is 3.63. The Bertz CT molecular complexity index is 1070. The van der Waals surface area contributed by atoms with Crippen LogP contribution in [-0.4, -0.2) is 25.8 Å². The van der Waals surface area contributed by atoms with E-state index in [9.17, 15) is 4.79 Å². The molecule has 1 aliphatic rings. The zero-order valence-corrected chi connectivity index (χ0v) is 14.0. The van der Waals surface area contributed by atoms with E-state index >= 15 is 0 Å². The Kier molecular flexibility index (Phi) is 3.31. The van der Waals surface area contributed by atoms with Gasteiger partial charge in [0.15, 0.2) is 6.17 Å². The lowest BCUT2D eigenvalue weighted by Gasteiger charge is -2.24. The van der Waals surface area contributed by atoms with Gasteiger partial charge < -0.3 is 4.90 Å². The fraction of sp³-hybridized carbons (Fsp3) is 0.0952. The second-order valence-electron chi connectivity index (χ2n) is 6.39. The summed E-state index contributed by atoms with van der Waals surface area (Å²) >= 11 is 0. The molecule has 5 rings (SSSR count). The van der Waals surface area contributed by atoms with Gasteiger partial charge in [-0.1, -0.05) is 60.7 Å². The van der Waals surface area contributed by atoms with Gasteiger partial charge in [0.05, 0.1) is 0 Å². The van der Waals surface area contributed by atoms with Crippen LogP contribution in [0.1, 0.15) is 27.7 Å². The molecular formula is C21H16N4O. The minimum absolute atomic E-state index is 0.0100. The highest BCUT2D eigenvalue weighted by atomic mass is 16.2. The molecule has 0 N–H and O–H groups in total. The molecule has 0 saturated carbocycles. The van der Waals surface area contributed by atoms with Crippen molar-refractivity contribution in [3.05, 3.63) is 95.6 Å². The molecule has 1 aromatic heterocycles. The van der Waals surface area contributed by atoms with Crippen LogP contribution in [-0.2, 0) is 6.54 Å². The molecule has 1 atom stereocenters. The number of hydrogen-bond donors (Lipinski definition) is 0. The number of rotatable bonds is 3. The fourth-order valence-electron chi connectivity index (χ4n) is 3.52. The number of amides is 1. The van der Waals surface area contributed by atoms with Crippen LogP contribution in [0.2, 0.25) is 0 Å². The average molecular weight is 340 g/mol. The quantitative estimate of drug-likeness (QED) is 0.572. The normalized spacial score (nSPS) is 16.2. The molecule has 26 heavy (non-hydrogen) atoms. The van der Waals surface area contributed by atoms with Gasteiger partial charge in [0.25, 0.3) is 5.91 Å². The zero-order chi connectivity index (χ0) is 17.5. The summed E-state index contributed by atoms with van der Waals surface area (Å²) in [6, 6.07) is 25.5. The third kappa shape index (κ3) is 2.29. The summed E-state index contributed by atoms with van der Waals surface area (Å²) in [5, 5.41) is 9.26. The van der Waals surface area contributed by atoms with Crippen molar-refractivity contribution in [2.75, 3.05) is 0 Å².